The van der Waals surface area contributed by atoms with Crippen LogP contribution in [0.4, 0.5) is 24.7 Å². The Labute approximate surface area is 139 Å². The Morgan fingerprint density at radius 3 is 2.62 bits per heavy atom. The van der Waals surface area contributed by atoms with E-state index >= 15 is 0 Å². The zero-order valence-corrected chi connectivity index (χ0v) is 14.0. The van der Waals surface area contributed by atoms with Crippen molar-refractivity contribution in [1.29, 1.82) is 0 Å². The van der Waals surface area contributed by atoms with Gasteiger partial charge in [0, 0.05) is 45.3 Å². The van der Waals surface area contributed by atoms with E-state index in [0.29, 0.717) is 24.9 Å². The molecule has 0 unspecified atom stereocenters. The molecular formula is C16H21F3N4O. The molecule has 1 fully saturated rings. The molecule has 1 atom stereocenters. The highest BCUT2D eigenvalue weighted by atomic mass is 19.4. The van der Waals surface area contributed by atoms with E-state index in [1.165, 1.54) is 11.9 Å². The number of amides is 1. The van der Waals surface area contributed by atoms with Gasteiger partial charge in [0.25, 0.3) is 0 Å². The van der Waals surface area contributed by atoms with Crippen LogP contribution < -0.4 is 9.80 Å². The van der Waals surface area contributed by atoms with E-state index in [4.69, 9.17) is 0 Å². The highest BCUT2D eigenvalue weighted by Gasteiger charge is 2.39. The van der Waals surface area contributed by atoms with E-state index in [0.717, 1.165) is 18.8 Å². The standard InChI is InChI=1S/C16H21F3N4O/c1-10(2)22-4-5-23-12(9-22)7-14(24)21(3)13-6-11(16(17,18)19)8-20-15(13)23/h6,8,10,12H,4-5,7,9H2,1-3H3/t12-/m0/s1. The maximum Gasteiger partial charge on any atom is 0.417 e. The summed E-state index contributed by atoms with van der Waals surface area (Å²) >= 11 is 0. The first-order chi connectivity index (χ1) is 11.2. The van der Waals surface area contributed by atoms with Crippen molar-refractivity contribution in [2.24, 2.45) is 0 Å². The molecule has 0 N–H and O–H groups in total. The van der Waals surface area contributed by atoms with E-state index in [9.17, 15) is 18.0 Å². The topological polar surface area (TPSA) is 39.7 Å². The van der Waals surface area contributed by atoms with Gasteiger partial charge in [0.1, 0.15) is 0 Å². The summed E-state index contributed by atoms with van der Waals surface area (Å²) in [5.41, 5.74) is -0.601. The third-order valence-corrected chi connectivity index (χ3v) is 4.84. The summed E-state index contributed by atoms with van der Waals surface area (Å²) in [7, 11) is 1.52. The molecule has 0 aliphatic carbocycles. The van der Waals surface area contributed by atoms with Crippen LogP contribution >= 0.6 is 0 Å². The van der Waals surface area contributed by atoms with Crippen molar-refractivity contribution in [3.8, 4) is 0 Å². The lowest BCUT2D eigenvalue weighted by Gasteiger charge is -2.42. The monoisotopic (exact) mass is 342 g/mol. The summed E-state index contributed by atoms with van der Waals surface area (Å²) in [4.78, 5) is 22.1. The number of nitrogens with zero attached hydrogens (tertiary/aromatic N) is 4. The lowest BCUT2D eigenvalue weighted by Crippen LogP contribution is -2.55. The number of piperazine rings is 1. The Morgan fingerprint density at radius 1 is 1.29 bits per heavy atom. The average molecular weight is 342 g/mol. The van der Waals surface area contributed by atoms with Crippen LogP contribution in [0.3, 0.4) is 0 Å². The van der Waals surface area contributed by atoms with Crippen molar-refractivity contribution in [2.45, 2.75) is 38.5 Å². The van der Waals surface area contributed by atoms with Crippen molar-refractivity contribution in [3.05, 3.63) is 17.8 Å². The van der Waals surface area contributed by atoms with Crippen LogP contribution in [0.15, 0.2) is 12.3 Å². The van der Waals surface area contributed by atoms with E-state index in [-0.39, 0.29) is 24.1 Å². The molecule has 2 aliphatic rings. The molecule has 1 saturated heterocycles. The number of aromatic nitrogens is 1. The third kappa shape index (κ3) is 2.94. The van der Waals surface area contributed by atoms with E-state index in [2.05, 4.69) is 23.7 Å². The zero-order chi connectivity index (χ0) is 17.6. The van der Waals surface area contributed by atoms with Crippen molar-refractivity contribution in [1.82, 2.24) is 9.88 Å². The third-order valence-electron chi connectivity index (χ3n) is 4.84. The van der Waals surface area contributed by atoms with Gasteiger partial charge in [-0.1, -0.05) is 0 Å². The van der Waals surface area contributed by atoms with Gasteiger partial charge in [0.2, 0.25) is 5.91 Å². The number of halogens is 3. The molecule has 3 heterocycles. The van der Waals surface area contributed by atoms with Crippen molar-refractivity contribution < 1.29 is 18.0 Å². The number of carbonyl (C=O) groups is 1. The second kappa shape index (κ2) is 5.91. The number of anilines is 2. The van der Waals surface area contributed by atoms with Crippen LogP contribution in [0, 0.1) is 0 Å². The van der Waals surface area contributed by atoms with Gasteiger partial charge in [-0.05, 0) is 19.9 Å². The normalized spacial score (nSPS) is 22.5. The number of alkyl halides is 3. The largest absolute Gasteiger partial charge is 0.417 e. The molecule has 24 heavy (non-hydrogen) atoms. The molecule has 3 rings (SSSR count). The van der Waals surface area contributed by atoms with Crippen LogP contribution in [0.5, 0.6) is 0 Å². The second-order valence-corrected chi connectivity index (χ2v) is 6.66. The highest BCUT2D eigenvalue weighted by Crippen LogP contribution is 2.38. The summed E-state index contributed by atoms with van der Waals surface area (Å²) in [5.74, 6) is 0.278. The molecule has 0 spiro atoms. The number of rotatable bonds is 1. The van der Waals surface area contributed by atoms with Crippen molar-refractivity contribution in [3.63, 3.8) is 0 Å². The summed E-state index contributed by atoms with van der Waals surface area (Å²) < 4.78 is 39.0. The minimum atomic E-state index is -4.48. The summed E-state index contributed by atoms with van der Waals surface area (Å²) in [5, 5.41) is 0. The smallest absolute Gasteiger partial charge is 0.349 e. The van der Waals surface area contributed by atoms with Gasteiger partial charge in [-0.3, -0.25) is 9.69 Å². The summed E-state index contributed by atoms with van der Waals surface area (Å²) in [6, 6.07) is 1.32. The van der Waals surface area contributed by atoms with Gasteiger partial charge in [0.05, 0.1) is 17.3 Å². The van der Waals surface area contributed by atoms with Crippen LogP contribution in [0.25, 0.3) is 0 Å². The van der Waals surface area contributed by atoms with E-state index in [1.54, 1.807) is 0 Å². The zero-order valence-electron chi connectivity index (χ0n) is 14.0. The Balaban J connectivity index is 2.01. The summed E-state index contributed by atoms with van der Waals surface area (Å²) in [6.45, 7) is 6.35. The molecule has 0 aromatic carbocycles. The van der Waals surface area contributed by atoms with Gasteiger partial charge < -0.3 is 9.80 Å². The van der Waals surface area contributed by atoms with Gasteiger partial charge in [-0.25, -0.2) is 4.98 Å². The first-order valence-corrected chi connectivity index (χ1v) is 8.03. The Morgan fingerprint density at radius 2 is 2.00 bits per heavy atom. The minimum Gasteiger partial charge on any atom is -0.349 e. The van der Waals surface area contributed by atoms with Crippen LogP contribution in [-0.4, -0.2) is 54.6 Å². The second-order valence-electron chi connectivity index (χ2n) is 6.66. The molecule has 1 amide bonds. The lowest BCUT2D eigenvalue weighted by atomic mass is 10.1. The molecular weight excluding hydrogens is 321 g/mol. The maximum atomic E-state index is 13.0. The Bertz CT molecular complexity index is 647. The molecule has 0 radical (unpaired) electrons. The molecule has 132 valence electrons. The Hall–Kier alpha value is -1.83. The molecule has 8 heteroatoms. The fourth-order valence-corrected chi connectivity index (χ4v) is 3.34. The van der Waals surface area contributed by atoms with Crippen molar-refractivity contribution in [2.75, 3.05) is 36.5 Å². The van der Waals surface area contributed by atoms with Crippen LogP contribution in [0.2, 0.25) is 0 Å². The highest BCUT2D eigenvalue weighted by molar-refractivity contribution is 5.98. The molecule has 1 aromatic rings. The number of carbonyl (C=O) groups excluding carboxylic acids is 1. The molecule has 1 aromatic heterocycles. The predicted octanol–water partition coefficient (Wildman–Crippen LogP) is 2.37. The minimum absolute atomic E-state index is 0.0680. The van der Waals surface area contributed by atoms with Gasteiger partial charge in [-0.15, -0.1) is 0 Å². The average Bonchev–Trinajstić information content (AvgIpc) is 2.61. The lowest BCUT2D eigenvalue weighted by molar-refractivity contribution is -0.137. The molecule has 0 saturated carbocycles. The number of hydrogen-bond donors (Lipinski definition) is 0. The number of fused-ring (bicyclic) bond motifs is 3. The van der Waals surface area contributed by atoms with Crippen LogP contribution in [0.1, 0.15) is 25.8 Å². The Kier molecular flexibility index (Phi) is 4.19. The predicted molar refractivity (Wildman–Crippen MR) is 85.1 cm³/mol. The van der Waals surface area contributed by atoms with Gasteiger partial charge >= 0.3 is 6.18 Å². The SMILES string of the molecule is CC(C)N1CCN2c3ncc(C(F)(F)F)cc3N(C)C(=O)C[C@H]2C1. The van der Waals surface area contributed by atoms with E-state index in [1.807, 2.05) is 4.90 Å². The van der Waals surface area contributed by atoms with Crippen LogP contribution in [-0.2, 0) is 11.0 Å². The molecule has 2 aliphatic heterocycles. The fraction of sp³-hybridized carbons (Fsp3) is 0.625. The fourth-order valence-electron chi connectivity index (χ4n) is 3.34. The first kappa shape index (κ1) is 17.0. The molecule has 5 nitrogen and oxygen atoms in total. The van der Waals surface area contributed by atoms with E-state index < -0.39 is 11.7 Å². The van der Waals surface area contributed by atoms with Gasteiger partial charge in [-0.2, -0.15) is 13.2 Å². The number of pyridine rings is 1. The van der Waals surface area contributed by atoms with Crippen molar-refractivity contribution >= 4 is 17.4 Å². The molecule has 0 bridgehead atoms. The summed E-state index contributed by atoms with van der Waals surface area (Å²) in [6.07, 6.45) is -3.35. The maximum absolute atomic E-state index is 13.0. The first-order valence-electron chi connectivity index (χ1n) is 8.03. The van der Waals surface area contributed by atoms with Gasteiger partial charge in [0.15, 0.2) is 5.82 Å². The quantitative estimate of drug-likeness (QED) is 0.786. The number of hydrogen-bond acceptors (Lipinski definition) is 4.